The lowest BCUT2D eigenvalue weighted by Crippen LogP contribution is -2.26. The van der Waals surface area contributed by atoms with Gasteiger partial charge in [0.1, 0.15) is 0 Å². The van der Waals surface area contributed by atoms with Gasteiger partial charge in [-0.05, 0) is 55.5 Å². The highest BCUT2D eigenvalue weighted by molar-refractivity contribution is 4.74. The summed E-state index contributed by atoms with van der Waals surface area (Å²) in [6.45, 7) is 13.3. The van der Waals surface area contributed by atoms with Gasteiger partial charge in [-0.2, -0.15) is 0 Å². The molecule has 0 rings (SSSR count). The highest BCUT2D eigenvalue weighted by atomic mass is 14.6. The van der Waals surface area contributed by atoms with Crippen LogP contribution in [0.2, 0.25) is 0 Å². The van der Waals surface area contributed by atoms with Crippen molar-refractivity contribution < 1.29 is 0 Å². The quantitative estimate of drug-likeness (QED) is 0.510. The van der Waals surface area contributed by atoms with E-state index in [-0.39, 0.29) is 0 Å². The van der Waals surface area contributed by atoms with E-state index in [1.165, 1.54) is 44.9 Å². The molecular formula is C18H40N2. The largest absolute Gasteiger partial charge is 0.330 e. The van der Waals surface area contributed by atoms with Gasteiger partial charge in [0.15, 0.2) is 0 Å². The Bertz CT molecular complexity index is 234. The Balaban J connectivity index is 3.91. The first kappa shape index (κ1) is 19.9. The van der Waals surface area contributed by atoms with Crippen molar-refractivity contribution in [2.24, 2.45) is 28.2 Å². The fourth-order valence-electron chi connectivity index (χ4n) is 3.06. The third-order valence-corrected chi connectivity index (χ3v) is 4.74. The van der Waals surface area contributed by atoms with E-state index < -0.39 is 0 Å². The van der Waals surface area contributed by atoms with Crippen molar-refractivity contribution >= 4 is 0 Å². The molecule has 1 atom stereocenters. The molecule has 0 heterocycles. The zero-order chi connectivity index (χ0) is 15.6. The Morgan fingerprint density at radius 1 is 0.850 bits per heavy atom. The minimum Gasteiger partial charge on any atom is -0.330 e. The van der Waals surface area contributed by atoms with E-state index in [0.717, 1.165) is 25.4 Å². The molecule has 0 bridgehead atoms. The Kier molecular flexibility index (Phi) is 9.74. The highest BCUT2D eigenvalue weighted by Gasteiger charge is 2.21. The molecule has 122 valence electrons. The first-order valence-corrected chi connectivity index (χ1v) is 8.66. The summed E-state index contributed by atoms with van der Waals surface area (Å²) in [4.78, 5) is 0. The summed E-state index contributed by atoms with van der Waals surface area (Å²) in [5.41, 5.74) is 12.2. The number of nitrogens with two attached hydrogens (primary N) is 2. The molecule has 0 aromatic rings. The van der Waals surface area contributed by atoms with Crippen LogP contribution in [0.4, 0.5) is 0 Å². The zero-order valence-corrected chi connectivity index (χ0v) is 14.8. The van der Waals surface area contributed by atoms with Crippen LogP contribution in [0.5, 0.6) is 0 Å². The van der Waals surface area contributed by atoms with Crippen molar-refractivity contribution in [2.45, 2.75) is 86.0 Å². The van der Waals surface area contributed by atoms with Gasteiger partial charge in [0, 0.05) is 0 Å². The maximum atomic E-state index is 5.86. The smallest absolute Gasteiger partial charge is 0.00257 e. The molecule has 0 aromatic heterocycles. The lowest BCUT2D eigenvalue weighted by molar-refractivity contribution is 0.245. The number of hydrogen-bond donors (Lipinski definition) is 2. The summed E-state index contributed by atoms with van der Waals surface area (Å²) in [6, 6.07) is 0. The van der Waals surface area contributed by atoms with Crippen LogP contribution in [-0.4, -0.2) is 13.1 Å². The van der Waals surface area contributed by atoms with Crippen LogP contribution in [-0.2, 0) is 0 Å². The second-order valence-electron chi connectivity index (χ2n) is 8.15. The minimum atomic E-state index is 0.307. The average molecular weight is 285 g/mol. The molecule has 0 radical (unpaired) electrons. The van der Waals surface area contributed by atoms with Gasteiger partial charge >= 0.3 is 0 Å². The van der Waals surface area contributed by atoms with Gasteiger partial charge in [0.05, 0.1) is 0 Å². The molecule has 0 aliphatic heterocycles. The molecule has 0 aliphatic rings. The van der Waals surface area contributed by atoms with Gasteiger partial charge in [0.2, 0.25) is 0 Å². The zero-order valence-electron chi connectivity index (χ0n) is 14.8. The molecule has 20 heavy (non-hydrogen) atoms. The third kappa shape index (κ3) is 9.77. The average Bonchev–Trinajstić information content (AvgIpc) is 2.40. The van der Waals surface area contributed by atoms with Crippen molar-refractivity contribution in [1.29, 1.82) is 0 Å². The highest BCUT2D eigenvalue weighted by Crippen LogP contribution is 2.32. The van der Waals surface area contributed by atoms with Crippen LogP contribution in [0, 0.1) is 16.7 Å². The molecule has 0 saturated heterocycles. The third-order valence-electron chi connectivity index (χ3n) is 4.74. The Labute approximate surface area is 128 Å². The minimum absolute atomic E-state index is 0.307. The van der Waals surface area contributed by atoms with Crippen molar-refractivity contribution in [1.82, 2.24) is 0 Å². The Morgan fingerprint density at radius 2 is 1.45 bits per heavy atom. The van der Waals surface area contributed by atoms with Crippen molar-refractivity contribution in [3.05, 3.63) is 0 Å². The van der Waals surface area contributed by atoms with E-state index in [0.29, 0.717) is 10.8 Å². The summed E-state index contributed by atoms with van der Waals surface area (Å²) in [5, 5.41) is 0. The number of hydrogen-bond acceptors (Lipinski definition) is 2. The van der Waals surface area contributed by atoms with Crippen LogP contribution in [0.1, 0.15) is 86.0 Å². The molecular weight excluding hydrogens is 244 g/mol. The SMILES string of the molecule is CCC(CCCCC(C)(C)CCCN)CC(C)(C)CN. The molecule has 4 N–H and O–H groups in total. The molecule has 0 amide bonds. The van der Waals surface area contributed by atoms with Gasteiger partial charge < -0.3 is 11.5 Å². The van der Waals surface area contributed by atoms with Crippen LogP contribution >= 0.6 is 0 Å². The fraction of sp³-hybridized carbons (Fsp3) is 1.00. The standard InChI is InChI=1S/C18H40N2/c1-6-16(14-18(4,5)15-20)10-7-8-11-17(2,3)12-9-13-19/h16H,6-15,19-20H2,1-5H3. The lowest BCUT2D eigenvalue weighted by atomic mass is 9.78. The first-order chi connectivity index (χ1) is 9.26. The lowest BCUT2D eigenvalue weighted by Gasteiger charge is -2.28. The summed E-state index contributed by atoms with van der Waals surface area (Å²) >= 11 is 0. The van der Waals surface area contributed by atoms with E-state index in [4.69, 9.17) is 11.5 Å². The molecule has 1 unspecified atom stereocenters. The van der Waals surface area contributed by atoms with Crippen LogP contribution in [0.15, 0.2) is 0 Å². The molecule has 0 aromatic carbocycles. The van der Waals surface area contributed by atoms with E-state index >= 15 is 0 Å². The van der Waals surface area contributed by atoms with Gasteiger partial charge in [0.25, 0.3) is 0 Å². The van der Waals surface area contributed by atoms with Crippen molar-refractivity contribution in [2.75, 3.05) is 13.1 Å². The Morgan fingerprint density at radius 3 is 1.95 bits per heavy atom. The second-order valence-corrected chi connectivity index (χ2v) is 8.15. The van der Waals surface area contributed by atoms with Crippen molar-refractivity contribution in [3.63, 3.8) is 0 Å². The van der Waals surface area contributed by atoms with Gasteiger partial charge in [-0.1, -0.05) is 60.3 Å². The van der Waals surface area contributed by atoms with Crippen LogP contribution in [0.25, 0.3) is 0 Å². The van der Waals surface area contributed by atoms with Crippen LogP contribution < -0.4 is 11.5 Å². The summed E-state index contributed by atoms with van der Waals surface area (Å²) in [6.07, 6.45) is 10.4. The predicted molar refractivity (Wildman–Crippen MR) is 91.8 cm³/mol. The number of unbranched alkanes of at least 4 members (excludes halogenated alkanes) is 1. The van der Waals surface area contributed by atoms with Gasteiger partial charge in [-0.3, -0.25) is 0 Å². The molecule has 0 spiro atoms. The van der Waals surface area contributed by atoms with E-state index in [9.17, 15) is 0 Å². The number of rotatable bonds is 12. The predicted octanol–water partition coefficient (Wildman–Crippen LogP) is 4.71. The summed E-state index contributed by atoms with van der Waals surface area (Å²) < 4.78 is 0. The topological polar surface area (TPSA) is 52.0 Å². The molecule has 0 saturated carbocycles. The second kappa shape index (κ2) is 9.78. The van der Waals surface area contributed by atoms with Gasteiger partial charge in [-0.15, -0.1) is 0 Å². The molecule has 0 aliphatic carbocycles. The Hall–Kier alpha value is -0.0800. The molecule has 2 nitrogen and oxygen atoms in total. The van der Waals surface area contributed by atoms with Crippen molar-refractivity contribution in [3.8, 4) is 0 Å². The van der Waals surface area contributed by atoms with E-state index in [1.54, 1.807) is 0 Å². The summed E-state index contributed by atoms with van der Waals surface area (Å²) in [5.74, 6) is 0.848. The van der Waals surface area contributed by atoms with Gasteiger partial charge in [-0.25, -0.2) is 0 Å². The van der Waals surface area contributed by atoms with Crippen LogP contribution in [0.3, 0.4) is 0 Å². The van der Waals surface area contributed by atoms with E-state index in [2.05, 4.69) is 34.6 Å². The summed E-state index contributed by atoms with van der Waals surface area (Å²) in [7, 11) is 0. The molecule has 0 fully saturated rings. The maximum Gasteiger partial charge on any atom is -0.00257 e. The normalized spacial score (nSPS) is 14.6. The molecule has 2 heteroatoms. The monoisotopic (exact) mass is 284 g/mol. The first-order valence-electron chi connectivity index (χ1n) is 8.66. The fourth-order valence-corrected chi connectivity index (χ4v) is 3.06. The van der Waals surface area contributed by atoms with E-state index in [1.807, 2.05) is 0 Å². The maximum absolute atomic E-state index is 5.86.